The van der Waals surface area contributed by atoms with Gasteiger partial charge in [-0.15, -0.1) is 11.3 Å². The summed E-state index contributed by atoms with van der Waals surface area (Å²) < 4.78 is 11.0. The largest absolute Gasteiger partial charge is 0.486 e. The van der Waals surface area contributed by atoms with Crippen molar-refractivity contribution >= 4 is 34.7 Å². The molecule has 1 aromatic carbocycles. The molecule has 0 bridgehead atoms. The quantitative estimate of drug-likeness (QED) is 0.775. The third kappa shape index (κ3) is 3.59. The highest BCUT2D eigenvalue weighted by Crippen LogP contribution is 2.35. The summed E-state index contributed by atoms with van der Waals surface area (Å²) in [5.74, 6) is -0.254. The van der Waals surface area contributed by atoms with Crippen molar-refractivity contribution in [2.45, 2.75) is 6.42 Å². The van der Waals surface area contributed by atoms with Gasteiger partial charge in [-0.3, -0.25) is 25.2 Å². The van der Waals surface area contributed by atoms with Gasteiger partial charge in [-0.05, 0) is 23.6 Å². The molecule has 0 radical (unpaired) electrons. The smallest absolute Gasteiger partial charge is 0.279 e. The number of carbonyl (C=O) groups excluding carboxylic acids is 3. The van der Waals surface area contributed by atoms with Crippen LogP contribution >= 0.6 is 11.3 Å². The lowest BCUT2D eigenvalue weighted by atomic mass is 10.1. The van der Waals surface area contributed by atoms with Gasteiger partial charge in [-0.25, -0.2) is 0 Å². The number of hydrazine groups is 1. The van der Waals surface area contributed by atoms with E-state index in [0.29, 0.717) is 35.3 Å². The summed E-state index contributed by atoms with van der Waals surface area (Å²) in [5.41, 5.74) is 5.43. The zero-order chi connectivity index (χ0) is 18.8. The van der Waals surface area contributed by atoms with E-state index in [1.54, 1.807) is 40.6 Å². The number of anilines is 1. The van der Waals surface area contributed by atoms with Crippen LogP contribution in [0.25, 0.3) is 0 Å². The maximum absolute atomic E-state index is 12.4. The fourth-order valence-corrected chi connectivity index (χ4v) is 3.64. The van der Waals surface area contributed by atoms with E-state index < -0.39 is 11.8 Å². The van der Waals surface area contributed by atoms with Gasteiger partial charge in [0.1, 0.15) is 13.2 Å². The van der Waals surface area contributed by atoms with E-state index >= 15 is 0 Å². The Morgan fingerprint density at radius 3 is 2.70 bits per heavy atom. The summed E-state index contributed by atoms with van der Waals surface area (Å²) in [6.45, 7) is 1.19. The van der Waals surface area contributed by atoms with E-state index in [0.717, 1.165) is 0 Å². The van der Waals surface area contributed by atoms with Crippen molar-refractivity contribution in [3.63, 3.8) is 0 Å². The monoisotopic (exact) mass is 387 g/mol. The molecule has 9 heteroatoms. The molecule has 0 aliphatic carbocycles. The molecule has 0 spiro atoms. The maximum Gasteiger partial charge on any atom is 0.279 e. The number of amides is 3. The number of thiophene rings is 1. The molecule has 8 nitrogen and oxygen atoms in total. The van der Waals surface area contributed by atoms with Gasteiger partial charge in [0.2, 0.25) is 11.8 Å². The Morgan fingerprint density at radius 2 is 1.93 bits per heavy atom. The zero-order valence-electron chi connectivity index (χ0n) is 14.3. The molecule has 27 heavy (non-hydrogen) atoms. The molecule has 1 saturated heterocycles. The molecular weight excluding hydrogens is 370 g/mol. The standard InChI is InChI=1S/C18H17N3O5S/c22-16-8-11(17(23)19-20-18(24)15-2-1-7-27-15)10-21(16)12-3-4-13-14(9-12)26-6-5-25-13/h1-4,7,9,11H,5-6,8,10H2,(H,19,23)(H,20,24)/t11-/m0/s1. The van der Waals surface area contributed by atoms with Crippen molar-refractivity contribution in [1.29, 1.82) is 0 Å². The minimum atomic E-state index is -0.547. The number of nitrogens with one attached hydrogen (secondary N) is 2. The molecule has 3 amide bonds. The Morgan fingerprint density at radius 1 is 1.11 bits per heavy atom. The van der Waals surface area contributed by atoms with E-state index in [-0.39, 0.29) is 24.8 Å². The number of nitrogens with zero attached hydrogens (tertiary/aromatic N) is 1. The Labute approximate surface area is 159 Å². The summed E-state index contributed by atoms with van der Waals surface area (Å²) in [4.78, 5) is 38.6. The highest BCUT2D eigenvalue weighted by molar-refractivity contribution is 7.12. The molecule has 4 rings (SSSR count). The minimum Gasteiger partial charge on any atom is -0.486 e. The second-order valence-electron chi connectivity index (χ2n) is 6.15. The van der Waals surface area contributed by atoms with Crippen LogP contribution in [0.3, 0.4) is 0 Å². The molecule has 1 atom stereocenters. The van der Waals surface area contributed by atoms with Gasteiger partial charge < -0.3 is 14.4 Å². The van der Waals surface area contributed by atoms with Crippen molar-refractivity contribution in [2.24, 2.45) is 5.92 Å². The van der Waals surface area contributed by atoms with E-state index in [4.69, 9.17) is 9.47 Å². The van der Waals surface area contributed by atoms with Gasteiger partial charge in [0.15, 0.2) is 11.5 Å². The summed E-state index contributed by atoms with van der Waals surface area (Å²) in [5, 5.41) is 1.78. The van der Waals surface area contributed by atoms with Gasteiger partial charge in [0.25, 0.3) is 5.91 Å². The maximum atomic E-state index is 12.4. The summed E-state index contributed by atoms with van der Waals surface area (Å²) >= 11 is 1.28. The van der Waals surface area contributed by atoms with Gasteiger partial charge in [-0.2, -0.15) is 0 Å². The second kappa shape index (κ2) is 7.28. The summed E-state index contributed by atoms with van der Waals surface area (Å²) in [6.07, 6.45) is 0.0785. The Kier molecular flexibility index (Phi) is 4.68. The number of hydrogen-bond donors (Lipinski definition) is 2. The molecular formula is C18H17N3O5S. The molecule has 1 fully saturated rings. The highest BCUT2D eigenvalue weighted by atomic mass is 32.1. The molecule has 2 aromatic rings. The van der Waals surface area contributed by atoms with Crippen LogP contribution in [-0.2, 0) is 9.59 Å². The van der Waals surface area contributed by atoms with Crippen molar-refractivity contribution < 1.29 is 23.9 Å². The molecule has 2 aliphatic heterocycles. The summed E-state index contributed by atoms with van der Waals surface area (Å²) in [7, 11) is 0. The lowest BCUT2D eigenvalue weighted by Gasteiger charge is -2.22. The minimum absolute atomic E-state index is 0.0785. The first-order valence-corrected chi connectivity index (χ1v) is 9.33. The van der Waals surface area contributed by atoms with Gasteiger partial charge in [0, 0.05) is 24.7 Å². The van der Waals surface area contributed by atoms with Crippen LogP contribution in [-0.4, -0.2) is 37.5 Å². The molecule has 0 unspecified atom stereocenters. The molecule has 0 saturated carbocycles. The first-order valence-electron chi connectivity index (χ1n) is 8.45. The Hall–Kier alpha value is -3.07. The normalized spacial score (nSPS) is 18.3. The SMILES string of the molecule is O=C(NNC(=O)[C@H]1CC(=O)N(c2ccc3c(c2)OCCO3)C1)c1cccs1. The van der Waals surface area contributed by atoms with Crippen LogP contribution in [0.5, 0.6) is 11.5 Å². The van der Waals surface area contributed by atoms with E-state index in [1.165, 1.54) is 11.3 Å². The van der Waals surface area contributed by atoms with Gasteiger partial charge in [-0.1, -0.05) is 6.07 Å². The Balaban J connectivity index is 1.38. The van der Waals surface area contributed by atoms with Crippen LogP contribution in [0.15, 0.2) is 35.7 Å². The number of rotatable bonds is 3. The number of benzene rings is 1. The number of hydrogen-bond acceptors (Lipinski definition) is 6. The lowest BCUT2D eigenvalue weighted by Crippen LogP contribution is -2.44. The van der Waals surface area contributed by atoms with Gasteiger partial charge in [0.05, 0.1) is 10.8 Å². The van der Waals surface area contributed by atoms with Crippen LogP contribution in [0.4, 0.5) is 5.69 Å². The van der Waals surface area contributed by atoms with E-state index in [9.17, 15) is 14.4 Å². The van der Waals surface area contributed by atoms with E-state index in [1.807, 2.05) is 0 Å². The molecule has 1 aromatic heterocycles. The third-order valence-corrected chi connectivity index (χ3v) is 5.25. The van der Waals surface area contributed by atoms with Crippen molar-refractivity contribution in [2.75, 3.05) is 24.7 Å². The molecule has 3 heterocycles. The van der Waals surface area contributed by atoms with Crippen molar-refractivity contribution in [3.05, 3.63) is 40.6 Å². The lowest BCUT2D eigenvalue weighted by molar-refractivity contribution is -0.126. The van der Waals surface area contributed by atoms with E-state index in [2.05, 4.69) is 10.9 Å². The number of carbonyl (C=O) groups is 3. The second-order valence-corrected chi connectivity index (χ2v) is 7.10. The first kappa shape index (κ1) is 17.3. The van der Waals surface area contributed by atoms with Crippen LogP contribution in [0, 0.1) is 5.92 Å². The van der Waals surface area contributed by atoms with Crippen LogP contribution < -0.4 is 25.2 Å². The van der Waals surface area contributed by atoms with Gasteiger partial charge >= 0.3 is 0 Å². The van der Waals surface area contributed by atoms with Crippen molar-refractivity contribution in [1.82, 2.24) is 10.9 Å². The third-order valence-electron chi connectivity index (χ3n) is 4.38. The fourth-order valence-electron chi connectivity index (χ4n) is 3.02. The van der Waals surface area contributed by atoms with Crippen LogP contribution in [0.2, 0.25) is 0 Å². The predicted octanol–water partition coefficient (Wildman–Crippen LogP) is 1.33. The highest BCUT2D eigenvalue weighted by Gasteiger charge is 2.35. The molecule has 2 N–H and O–H groups in total. The van der Waals surface area contributed by atoms with Crippen molar-refractivity contribution in [3.8, 4) is 11.5 Å². The zero-order valence-corrected chi connectivity index (χ0v) is 15.1. The average Bonchev–Trinajstić information content (AvgIpc) is 3.35. The fraction of sp³-hybridized carbons (Fsp3) is 0.278. The number of fused-ring (bicyclic) bond motifs is 1. The molecule has 140 valence electrons. The first-order chi connectivity index (χ1) is 13.1. The number of ether oxygens (including phenoxy) is 2. The van der Waals surface area contributed by atoms with Crippen LogP contribution in [0.1, 0.15) is 16.1 Å². The summed E-state index contributed by atoms with van der Waals surface area (Å²) in [6, 6.07) is 8.68. The average molecular weight is 387 g/mol. The molecule has 2 aliphatic rings. The Bertz CT molecular complexity index is 883. The predicted molar refractivity (Wildman–Crippen MR) is 97.8 cm³/mol. The topological polar surface area (TPSA) is 97.0 Å².